The van der Waals surface area contributed by atoms with Gasteiger partial charge >= 0.3 is 5.97 Å². The van der Waals surface area contributed by atoms with Gasteiger partial charge in [0.15, 0.2) is 5.69 Å². The third-order valence-corrected chi connectivity index (χ3v) is 2.92. The number of carbonyl (C=O) groups excluding carboxylic acids is 1. The molecule has 5 nitrogen and oxygen atoms in total. The smallest absolute Gasteiger partial charge is 0.358 e. The molecular formula is C11H16N2O3. The van der Waals surface area contributed by atoms with Gasteiger partial charge in [-0.3, -0.25) is 0 Å². The molecule has 0 aliphatic carbocycles. The molecule has 1 unspecified atom stereocenters. The van der Waals surface area contributed by atoms with E-state index in [0.29, 0.717) is 12.3 Å². The van der Waals surface area contributed by atoms with E-state index in [1.54, 1.807) is 13.3 Å². The van der Waals surface area contributed by atoms with Gasteiger partial charge in [0.25, 0.3) is 0 Å². The molecule has 0 amide bonds. The first-order valence-electron chi connectivity index (χ1n) is 5.58. The number of hydrogen-bond acceptors (Lipinski definition) is 4. The molecule has 2 rings (SSSR count). The second kappa shape index (κ2) is 4.65. The minimum absolute atomic E-state index is 0.187. The van der Waals surface area contributed by atoms with Gasteiger partial charge in [-0.1, -0.05) is 0 Å². The van der Waals surface area contributed by atoms with Crippen LogP contribution in [0, 0.1) is 5.92 Å². The van der Waals surface area contributed by atoms with E-state index in [-0.39, 0.29) is 18.5 Å². The van der Waals surface area contributed by atoms with Crippen molar-refractivity contribution in [2.24, 2.45) is 5.92 Å². The normalized spacial score (nSPS) is 19.2. The quantitative estimate of drug-likeness (QED) is 0.764. The van der Waals surface area contributed by atoms with Crippen molar-refractivity contribution in [1.82, 2.24) is 9.55 Å². The van der Waals surface area contributed by atoms with E-state index in [1.165, 1.54) is 0 Å². The van der Waals surface area contributed by atoms with Gasteiger partial charge in [-0.15, -0.1) is 0 Å². The van der Waals surface area contributed by atoms with Crippen molar-refractivity contribution in [3.63, 3.8) is 0 Å². The van der Waals surface area contributed by atoms with Crippen LogP contribution in [-0.4, -0.2) is 33.8 Å². The number of aliphatic hydroxyl groups excluding tert-OH is 1. The van der Waals surface area contributed by atoms with E-state index in [9.17, 15) is 4.79 Å². The highest BCUT2D eigenvalue weighted by atomic mass is 16.5. The minimum atomic E-state index is -0.348. The SMILES string of the molecule is CCOC(=O)c1ncn2c1CCC(CO)C2. The Morgan fingerprint density at radius 3 is 3.25 bits per heavy atom. The zero-order valence-electron chi connectivity index (χ0n) is 9.35. The number of ether oxygens (including phenoxy) is 1. The lowest BCUT2D eigenvalue weighted by atomic mass is 9.98. The lowest BCUT2D eigenvalue weighted by Crippen LogP contribution is -2.23. The Morgan fingerprint density at radius 2 is 2.56 bits per heavy atom. The lowest BCUT2D eigenvalue weighted by Gasteiger charge is -2.22. The molecule has 0 radical (unpaired) electrons. The van der Waals surface area contributed by atoms with Crippen LogP contribution in [0.2, 0.25) is 0 Å². The zero-order chi connectivity index (χ0) is 11.5. The number of aliphatic hydroxyl groups is 1. The average molecular weight is 224 g/mol. The first-order valence-corrected chi connectivity index (χ1v) is 5.58. The number of carbonyl (C=O) groups is 1. The van der Waals surface area contributed by atoms with Crippen LogP contribution in [0.5, 0.6) is 0 Å². The Balaban J connectivity index is 2.19. The van der Waals surface area contributed by atoms with Crippen LogP contribution in [0.1, 0.15) is 29.5 Å². The fourth-order valence-electron chi connectivity index (χ4n) is 2.06. The minimum Gasteiger partial charge on any atom is -0.461 e. The van der Waals surface area contributed by atoms with E-state index in [4.69, 9.17) is 9.84 Å². The van der Waals surface area contributed by atoms with Crippen LogP contribution >= 0.6 is 0 Å². The topological polar surface area (TPSA) is 64.3 Å². The van der Waals surface area contributed by atoms with Crippen molar-refractivity contribution in [2.75, 3.05) is 13.2 Å². The molecule has 1 aromatic rings. The van der Waals surface area contributed by atoms with E-state index in [0.717, 1.165) is 25.1 Å². The maximum Gasteiger partial charge on any atom is 0.358 e. The van der Waals surface area contributed by atoms with Crippen LogP contribution in [0.25, 0.3) is 0 Å². The molecular weight excluding hydrogens is 208 g/mol. The highest BCUT2D eigenvalue weighted by Gasteiger charge is 2.24. The fourth-order valence-corrected chi connectivity index (χ4v) is 2.06. The Bertz CT molecular complexity index is 387. The number of imidazole rings is 1. The third kappa shape index (κ3) is 1.95. The Labute approximate surface area is 94.1 Å². The van der Waals surface area contributed by atoms with Crippen LogP contribution < -0.4 is 0 Å². The largest absolute Gasteiger partial charge is 0.461 e. The van der Waals surface area contributed by atoms with E-state index >= 15 is 0 Å². The summed E-state index contributed by atoms with van der Waals surface area (Å²) in [5, 5.41) is 9.09. The molecule has 0 spiro atoms. The number of fused-ring (bicyclic) bond motifs is 1. The van der Waals surface area contributed by atoms with Crippen LogP contribution in [0.4, 0.5) is 0 Å². The molecule has 88 valence electrons. The summed E-state index contributed by atoms with van der Waals surface area (Å²) in [5.41, 5.74) is 1.36. The molecule has 0 aromatic carbocycles. The van der Waals surface area contributed by atoms with Crippen molar-refractivity contribution >= 4 is 5.97 Å². The number of esters is 1. The molecule has 16 heavy (non-hydrogen) atoms. The summed E-state index contributed by atoms with van der Waals surface area (Å²) in [5.74, 6) is -0.0737. The van der Waals surface area contributed by atoms with Gasteiger partial charge in [0.1, 0.15) is 0 Å². The molecule has 1 atom stereocenters. The molecule has 1 N–H and O–H groups in total. The maximum atomic E-state index is 11.6. The molecule has 5 heteroatoms. The molecule has 0 fully saturated rings. The summed E-state index contributed by atoms with van der Waals surface area (Å²) >= 11 is 0. The number of aromatic nitrogens is 2. The number of hydrogen-bond donors (Lipinski definition) is 1. The second-order valence-corrected chi connectivity index (χ2v) is 4.00. The van der Waals surface area contributed by atoms with Gasteiger partial charge in [0, 0.05) is 19.1 Å². The van der Waals surface area contributed by atoms with Crippen LogP contribution in [0.3, 0.4) is 0 Å². The number of rotatable bonds is 3. The summed E-state index contributed by atoms with van der Waals surface area (Å²) in [6.45, 7) is 3.07. The predicted molar refractivity (Wildman–Crippen MR) is 57.1 cm³/mol. The van der Waals surface area contributed by atoms with Crippen LogP contribution in [-0.2, 0) is 17.7 Å². The summed E-state index contributed by atoms with van der Waals surface area (Å²) in [6, 6.07) is 0. The molecule has 1 aliphatic rings. The summed E-state index contributed by atoms with van der Waals surface area (Å²) in [4.78, 5) is 15.7. The van der Waals surface area contributed by atoms with Gasteiger partial charge in [0.05, 0.1) is 18.6 Å². The van der Waals surface area contributed by atoms with E-state index in [2.05, 4.69) is 4.98 Å². The molecule has 1 aromatic heterocycles. The van der Waals surface area contributed by atoms with Crippen LogP contribution in [0.15, 0.2) is 6.33 Å². The second-order valence-electron chi connectivity index (χ2n) is 4.00. The highest BCUT2D eigenvalue weighted by molar-refractivity contribution is 5.88. The molecule has 0 saturated heterocycles. The standard InChI is InChI=1S/C11H16N2O3/c1-2-16-11(15)10-9-4-3-8(6-14)5-13(9)7-12-10/h7-8,14H,2-6H2,1H3. The van der Waals surface area contributed by atoms with Gasteiger partial charge in [-0.2, -0.15) is 0 Å². The van der Waals surface area contributed by atoms with Gasteiger partial charge in [-0.25, -0.2) is 9.78 Å². The fraction of sp³-hybridized carbons (Fsp3) is 0.636. The van der Waals surface area contributed by atoms with Gasteiger partial charge in [-0.05, 0) is 19.8 Å². The summed E-state index contributed by atoms with van der Waals surface area (Å²) in [7, 11) is 0. The summed E-state index contributed by atoms with van der Waals surface area (Å²) in [6.07, 6.45) is 3.33. The Hall–Kier alpha value is -1.36. The van der Waals surface area contributed by atoms with Gasteiger partial charge in [0.2, 0.25) is 0 Å². The van der Waals surface area contributed by atoms with Crippen molar-refractivity contribution in [3.8, 4) is 0 Å². The molecule has 2 heterocycles. The lowest BCUT2D eigenvalue weighted by molar-refractivity contribution is 0.0517. The average Bonchev–Trinajstić information content (AvgIpc) is 2.71. The highest BCUT2D eigenvalue weighted by Crippen LogP contribution is 2.22. The van der Waals surface area contributed by atoms with Crippen molar-refractivity contribution in [2.45, 2.75) is 26.3 Å². The number of nitrogens with zero attached hydrogens (tertiary/aromatic N) is 2. The predicted octanol–water partition coefficient (Wildman–Crippen LogP) is 0.615. The van der Waals surface area contributed by atoms with Crippen molar-refractivity contribution in [1.29, 1.82) is 0 Å². The maximum absolute atomic E-state index is 11.6. The third-order valence-electron chi connectivity index (χ3n) is 2.92. The Kier molecular flexibility index (Phi) is 3.24. The molecule has 1 aliphatic heterocycles. The van der Waals surface area contributed by atoms with Crippen molar-refractivity contribution in [3.05, 3.63) is 17.7 Å². The van der Waals surface area contributed by atoms with E-state index < -0.39 is 0 Å². The zero-order valence-corrected chi connectivity index (χ0v) is 9.35. The summed E-state index contributed by atoms with van der Waals surface area (Å²) < 4.78 is 6.88. The monoisotopic (exact) mass is 224 g/mol. The molecule has 0 bridgehead atoms. The van der Waals surface area contributed by atoms with E-state index in [1.807, 2.05) is 4.57 Å². The first-order chi connectivity index (χ1) is 7.76. The Morgan fingerprint density at radius 1 is 1.75 bits per heavy atom. The first kappa shape index (κ1) is 11.1. The van der Waals surface area contributed by atoms with Gasteiger partial charge < -0.3 is 14.4 Å². The van der Waals surface area contributed by atoms with Crippen molar-refractivity contribution < 1.29 is 14.6 Å². The molecule has 0 saturated carbocycles.